The Balaban J connectivity index is 1.37. The average Bonchev–Trinajstić information content (AvgIpc) is 3.13. The van der Waals surface area contributed by atoms with Gasteiger partial charge in [0.2, 0.25) is 5.91 Å². The van der Waals surface area contributed by atoms with Crippen LogP contribution in [0.25, 0.3) is 0 Å². The van der Waals surface area contributed by atoms with Gasteiger partial charge in [-0.15, -0.1) is 0 Å². The van der Waals surface area contributed by atoms with Gasteiger partial charge in [0, 0.05) is 37.6 Å². The molecule has 2 N–H and O–H groups in total. The van der Waals surface area contributed by atoms with E-state index < -0.39 is 5.66 Å². The molecular formula is C25H30N4O4. The van der Waals surface area contributed by atoms with E-state index in [1.165, 1.54) is 5.56 Å². The number of rotatable bonds is 6. The fourth-order valence-corrected chi connectivity index (χ4v) is 4.26. The van der Waals surface area contributed by atoms with Crippen LogP contribution in [0.3, 0.4) is 0 Å². The predicted octanol–water partition coefficient (Wildman–Crippen LogP) is 2.67. The van der Waals surface area contributed by atoms with Crippen molar-refractivity contribution >= 4 is 23.2 Å². The Morgan fingerprint density at radius 3 is 2.52 bits per heavy atom. The zero-order valence-electron chi connectivity index (χ0n) is 19.5. The molecule has 0 atom stereocenters. The molecule has 2 aliphatic heterocycles. The molecule has 0 aliphatic carbocycles. The number of hydrogen-bond donors (Lipinski definition) is 2. The number of nitrogens with zero attached hydrogens (tertiary/aromatic N) is 2. The number of methoxy groups -OCH3 is 2. The maximum atomic E-state index is 12.7. The third kappa shape index (κ3) is 4.85. The molecule has 2 aromatic rings. The molecule has 8 heteroatoms. The number of piperidine rings is 1. The van der Waals surface area contributed by atoms with Crippen molar-refractivity contribution in [1.82, 2.24) is 10.2 Å². The van der Waals surface area contributed by atoms with Gasteiger partial charge in [-0.25, -0.2) is 0 Å². The van der Waals surface area contributed by atoms with E-state index in [4.69, 9.17) is 14.5 Å². The summed E-state index contributed by atoms with van der Waals surface area (Å²) in [4.78, 5) is 32.2. The summed E-state index contributed by atoms with van der Waals surface area (Å²) in [7, 11) is 3.13. The van der Waals surface area contributed by atoms with Gasteiger partial charge in [-0.3, -0.25) is 19.5 Å². The molecule has 0 saturated carbocycles. The minimum atomic E-state index is -0.586. The number of aryl methyl sites for hydroxylation is 2. The topological polar surface area (TPSA) is 92.3 Å². The Hall–Kier alpha value is -3.39. The second kappa shape index (κ2) is 9.23. The number of likely N-dealkylation sites (tertiary alicyclic amines) is 1. The van der Waals surface area contributed by atoms with Crippen molar-refractivity contribution in [2.45, 2.75) is 32.4 Å². The molecule has 1 fully saturated rings. The standard InChI is InChI=1S/C25H30N4O4/c1-16-5-6-18(13-17(16)2)23-24(31)28-25(27-23)9-11-29(12-10-25)15-22(30)26-20-8-7-19(32-3)14-21(20)33-4/h5-8,13-14H,9-12,15H2,1-4H3,(H,26,30)(H,28,31). The van der Waals surface area contributed by atoms with E-state index in [1.54, 1.807) is 32.4 Å². The summed E-state index contributed by atoms with van der Waals surface area (Å²) < 4.78 is 10.5. The van der Waals surface area contributed by atoms with Crippen LogP contribution in [0, 0.1) is 13.8 Å². The summed E-state index contributed by atoms with van der Waals surface area (Å²) in [5.41, 5.74) is 3.68. The SMILES string of the molecule is COc1ccc(NC(=O)CN2CCC3(CC2)N=C(c2ccc(C)c(C)c2)C(=O)N3)c(OC)c1. The molecule has 1 saturated heterocycles. The van der Waals surface area contributed by atoms with Crippen LogP contribution in [0.15, 0.2) is 41.4 Å². The van der Waals surface area contributed by atoms with Crippen molar-refractivity contribution in [3.63, 3.8) is 0 Å². The molecule has 0 bridgehead atoms. The fourth-order valence-electron chi connectivity index (χ4n) is 4.26. The first-order chi connectivity index (χ1) is 15.8. The van der Waals surface area contributed by atoms with Gasteiger partial charge in [0.25, 0.3) is 5.91 Å². The monoisotopic (exact) mass is 450 g/mol. The van der Waals surface area contributed by atoms with Gasteiger partial charge >= 0.3 is 0 Å². The van der Waals surface area contributed by atoms with E-state index in [2.05, 4.69) is 15.5 Å². The number of carbonyl (C=O) groups excluding carboxylic acids is 2. The molecule has 33 heavy (non-hydrogen) atoms. The molecule has 2 aliphatic rings. The average molecular weight is 451 g/mol. The minimum Gasteiger partial charge on any atom is -0.497 e. The maximum Gasteiger partial charge on any atom is 0.272 e. The third-order valence-electron chi connectivity index (χ3n) is 6.40. The Kier molecular flexibility index (Phi) is 6.37. The number of hydrogen-bond acceptors (Lipinski definition) is 6. The number of benzene rings is 2. The van der Waals surface area contributed by atoms with Crippen molar-refractivity contribution in [3.05, 3.63) is 53.1 Å². The first kappa shape index (κ1) is 22.8. The Labute approximate surface area is 194 Å². The highest BCUT2D eigenvalue weighted by molar-refractivity contribution is 6.46. The molecule has 0 aromatic heterocycles. The molecule has 2 heterocycles. The normalized spacial score (nSPS) is 17.5. The number of anilines is 1. The summed E-state index contributed by atoms with van der Waals surface area (Å²) in [5, 5.41) is 6.00. The lowest BCUT2D eigenvalue weighted by Gasteiger charge is -2.36. The molecule has 0 unspecified atom stereocenters. The van der Waals surface area contributed by atoms with Gasteiger partial charge in [0.1, 0.15) is 22.9 Å². The molecule has 2 amide bonds. The lowest BCUT2D eigenvalue weighted by Crippen LogP contribution is -2.52. The smallest absolute Gasteiger partial charge is 0.272 e. The molecular weight excluding hydrogens is 420 g/mol. The van der Waals surface area contributed by atoms with Gasteiger partial charge in [0.15, 0.2) is 0 Å². The van der Waals surface area contributed by atoms with E-state index in [-0.39, 0.29) is 18.4 Å². The summed E-state index contributed by atoms with van der Waals surface area (Å²) in [6.07, 6.45) is 1.32. The minimum absolute atomic E-state index is 0.121. The van der Waals surface area contributed by atoms with E-state index in [0.29, 0.717) is 48.8 Å². The maximum absolute atomic E-state index is 12.7. The third-order valence-corrected chi connectivity index (χ3v) is 6.40. The predicted molar refractivity (Wildman–Crippen MR) is 127 cm³/mol. The number of aliphatic imine (C=N–C) groups is 1. The molecule has 174 valence electrons. The molecule has 8 nitrogen and oxygen atoms in total. The van der Waals surface area contributed by atoms with Gasteiger partial charge < -0.3 is 20.1 Å². The molecule has 1 spiro atoms. The van der Waals surface area contributed by atoms with Crippen molar-refractivity contribution in [2.24, 2.45) is 4.99 Å². The van der Waals surface area contributed by atoms with E-state index in [0.717, 1.165) is 11.1 Å². The van der Waals surface area contributed by atoms with Crippen LogP contribution in [0.4, 0.5) is 5.69 Å². The van der Waals surface area contributed by atoms with Crippen molar-refractivity contribution in [2.75, 3.05) is 39.2 Å². The van der Waals surface area contributed by atoms with Gasteiger partial charge in [0.05, 0.1) is 26.5 Å². The van der Waals surface area contributed by atoms with Crippen molar-refractivity contribution in [3.8, 4) is 11.5 Å². The summed E-state index contributed by atoms with van der Waals surface area (Å²) in [6.45, 7) is 5.67. The van der Waals surface area contributed by atoms with Crippen LogP contribution >= 0.6 is 0 Å². The molecule has 0 radical (unpaired) electrons. The van der Waals surface area contributed by atoms with Crippen LogP contribution in [-0.4, -0.2) is 61.9 Å². The Morgan fingerprint density at radius 1 is 1.09 bits per heavy atom. The zero-order valence-corrected chi connectivity index (χ0v) is 19.5. The van der Waals surface area contributed by atoms with E-state index in [1.807, 2.05) is 32.0 Å². The Morgan fingerprint density at radius 2 is 1.85 bits per heavy atom. The van der Waals surface area contributed by atoms with Crippen molar-refractivity contribution < 1.29 is 19.1 Å². The zero-order chi connectivity index (χ0) is 23.6. The first-order valence-corrected chi connectivity index (χ1v) is 11.1. The van der Waals surface area contributed by atoms with Crippen LogP contribution in [0.5, 0.6) is 11.5 Å². The summed E-state index contributed by atoms with van der Waals surface area (Å²) >= 11 is 0. The quantitative estimate of drug-likeness (QED) is 0.706. The lowest BCUT2D eigenvalue weighted by atomic mass is 9.98. The van der Waals surface area contributed by atoms with E-state index >= 15 is 0 Å². The lowest BCUT2D eigenvalue weighted by molar-refractivity contribution is -0.119. The molecule has 4 rings (SSSR count). The second-order valence-corrected chi connectivity index (χ2v) is 8.64. The summed E-state index contributed by atoms with van der Waals surface area (Å²) in [5.74, 6) is 0.952. The highest BCUT2D eigenvalue weighted by Gasteiger charge is 2.42. The highest BCUT2D eigenvalue weighted by atomic mass is 16.5. The van der Waals surface area contributed by atoms with Crippen molar-refractivity contribution in [1.29, 1.82) is 0 Å². The first-order valence-electron chi connectivity index (χ1n) is 11.1. The number of carbonyl (C=O) groups is 2. The summed E-state index contributed by atoms with van der Waals surface area (Å²) in [6, 6.07) is 11.2. The van der Waals surface area contributed by atoms with Crippen LogP contribution in [-0.2, 0) is 9.59 Å². The fraction of sp³-hybridized carbons (Fsp3) is 0.400. The van der Waals surface area contributed by atoms with Gasteiger partial charge in [-0.2, -0.15) is 0 Å². The number of ether oxygens (including phenoxy) is 2. The number of amides is 2. The van der Waals surface area contributed by atoms with Crippen LogP contribution < -0.4 is 20.1 Å². The van der Waals surface area contributed by atoms with Gasteiger partial charge in [-0.05, 0) is 43.2 Å². The Bertz CT molecular complexity index is 1100. The second-order valence-electron chi connectivity index (χ2n) is 8.64. The van der Waals surface area contributed by atoms with E-state index in [9.17, 15) is 9.59 Å². The number of nitrogens with one attached hydrogen (secondary N) is 2. The van der Waals surface area contributed by atoms with Crippen LogP contribution in [0.2, 0.25) is 0 Å². The van der Waals surface area contributed by atoms with Crippen LogP contribution in [0.1, 0.15) is 29.5 Å². The van der Waals surface area contributed by atoms with Gasteiger partial charge in [-0.1, -0.05) is 12.1 Å². The molecule has 2 aromatic carbocycles. The highest BCUT2D eigenvalue weighted by Crippen LogP contribution is 2.31. The largest absolute Gasteiger partial charge is 0.497 e.